The van der Waals surface area contributed by atoms with Crippen molar-refractivity contribution >= 4 is 39.1 Å². The van der Waals surface area contributed by atoms with E-state index in [-0.39, 0.29) is 35.5 Å². The van der Waals surface area contributed by atoms with Crippen LogP contribution in [0.25, 0.3) is 0 Å². The average Bonchev–Trinajstić information content (AvgIpc) is 3.02. The molecule has 1 N–H and O–H groups in total. The quantitative estimate of drug-likeness (QED) is 0.204. The first kappa shape index (κ1) is 32.6. The molecule has 0 fully saturated rings. The predicted molar refractivity (Wildman–Crippen MR) is 173 cm³/mol. The van der Waals surface area contributed by atoms with Crippen LogP contribution in [0.15, 0.2) is 114 Å². The number of rotatable bonds is 13. The summed E-state index contributed by atoms with van der Waals surface area (Å²) >= 11 is 6.53. The van der Waals surface area contributed by atoms with Crippen molar-refractivity contribution in [2.75, 3.05) is 18.0 Å². The Hall–Kier alpha value is -4.34. The van der Waals surface area contributed by atoms with Gasteiger partial charge in [-0.1, -0.05) is 84.4 Å². The van der Waals surface area contributed by atoms with Crippen molar-refractivity contribution in [3.63, 3.8) is 0 Å². The molecule has 0 spiro atoms. The minimum Gasteiger partial charge on any atom is -0.497 e. The molecule has 0 aliphatic heterocycles. The molecule has 4 rings (SSSR count). The first-order valence-electron chi connectivity index (χ1n) is 14.2. The summed E-state index contributed by atoms with van der Waals surface area (Å²) in [5.74, 6) is -0.510. The van der Waals surface area contributed by atoms with Crippen LogP contribution >= 0.6 is 11.6 Å². The van der Waals surface area contributed by atoms with E-state index in [1.54, 1.807) is 66.7 Å². The number of hydrogen-bond acceptors (Lipinski definition) is 5. The highest BCUT2D eigenvalue weighted by molar-refractivity contribution is 7.92. The third kappa shape index (κ3) is 8.18. The Bertz CT molecular complexity index is 1670. The summed E-state index contributed by atoms with van der Waals surface area (Å²) < 4.78 is 34.5. The first-order chi connectivity index (χ1) is 21.1. The largest absolute Gasteiger partial charge is 0.497 e. The summed E-state index contributed by atoms with van der Waals surface area (Å²) in [6.45, 7) is 3.09. The zero-order chi connectivity index (χ0) is 31.7. The van der Waals surface area contributed by atoms with Gasteiger partial charge in [0.25, 0.3) is 10.0 Å². The Morgan fingerprint density at radius 1 is 0.864 bits per heavy atom. The minimum absolute atomic E-state index is 0.0150. The fourth-order valence-corrected chi connectivity index (χ4v) is 6.38. The van der Waals surface area contributed by atoms with Crippen LogP contribution in [0.1, 0.15) is 25.0 Å². The fourth-order valence-electron chi connectivity index (χ4n) is 4.76. The van der Waals surface area contributed by atoms with Gasteiger partial charge in [-0.05, 0) is 55.3 Å². The van der Waals surface area contributed by atoms with Crippen molar-refractivity contribution in [1.29, 1.82) is 0 Å². The summed E-state index contributed by atoms with van der Waals surface area (Å²) in [6, 6.07) is 29.7. The zero-order valence-corrected chi connectivity index (χ0v) is 26.5. The second-order valence-electron chi connectivity index (χ2n) is 10.5. The molecule has 0 aliphatic rings. The Balaban J connectivity index is 1.82. The molecule has 8 nitrogen and oxygen atoms in total. The number of halogens is 1. The SMILES string of the molecule is COc1cccc(N(CC(=O)N(Cc2ccccc2Cl)[C@H](Cc2ccccc2)C(=O)NC(C)C)S(=O)(=O)c2ccccc2)c1. The highest BCUT2D eigenvalue weighted by Crippen LogP contribution is 2.28. The molecule has 0 bridgehead atoms. The Kier molecular flexibility index (Phi) is 11.0. The third-order valence-electron chi connectivity index (χ3n) is 6.95. The van der Waals surface area contributed by atoms with Crippen molar-refractivity contribution in [2.24, 2.45) is 0 Å². The van der Waals surface area contributed by atoms with Crippen molar-refractivity contribution < 1.29 is 22.7 Å². The summed E-state index contributed by atoms with van der Waals surface area (Å²) in [5, 5.41) is 3.37. The molecule has 230 valence electrons. The van der Waals surface area contributed by atoms with Gasteiger partial charge in [-0.3, -0.25) is 13.9 Å². The molecule has 10 heteroatoms. The Morgan fingerprint density at radius 2 is 1.50 bits per heavy atom. The minimum atomic E-state index is -4.21. The van der Waals surface area contributed by atoms with Gasteiger partial charge in [0.2, 0.25) is 11.8 Å². The molecule has 0 heterocycles. The van der Waals surface area contributed by atoms with E-state index in [1.165, 1.54) is 24.1 Å². The van der Waals surface area contributed by atoms with Crippen LogP contribution in [0.3, 0.4) is 0 Å². The van der Waals surface area contributed by atoms with Gasteiger partial charge in [0.1, 0.15) is 18.3 Å². The fraction of sp³-hybridized carbons (Fsp3) is 0.235. The van der Waals surface area contributed by atoms with Gasteiger partial charge >= 0.3 is 0 Å². The first-order valence-corrected chi connectivity index (χ1v) is 16.0. The molecule has 44 heavy (non-hydrogen) atoms. The summed E-state index contributed by atoms with van der Waals surface area (Å²) in [5.41, 5.74) is 1.71. The third-order valence-corrected chi connectivity index (χ3v) is 9.11. The van der Waals surface area contributed by atoms with Crippen molar-refractivity contribution in [1.82, 2.24) is 10.2 Å². The molecular weight excluding hydrogens is 598 g/mol. The highest BCUT2D eigenvalue weighted by Gasteiger charge is 2.35. The lowest BCUT2D eigenvalue weighted by Crippen LogP contribution is -2.54. The van der Waals surface area contributed by atoms with Crippen LogP contribution < -0.4 is 14.4 Å². The second kappa shape index (κ2) is 14.9. The van der Waals surface area contributed by atoms with E-state index >= 15 is 0 Å². The monoisotopic (exact) mass is 633 g/mol. The summed E-state index contributed by atoms with van der Waals surface area (Å²) in [4.78, 5) is 29.6. The number of carbonyl (C=O) groups excluding carboxylic acids is 2. The normalized spacial score (nSPS) is 11.9. The van der Waals surface area contributed by atoms with E-state index < -0.39 is 28.5 Å². The predicted octanol–water partition coefficient (Wildman–Crippen LogP) is 5.71. The van der Waals surface area contributed by atoms with E-state index in [0.717, 1.165) is 9.87 Å². The smallest absolute Gasteiger partial charge is 0.264 e. The lowest BCUT2D eigenvalue weighted by Gasteiger charge is -2.34. The molecule has 0 aromatic heterocycles. The standard InChI is InChI=1S/C34H36ClN3O5S/c1-25(2)36-34(40)32(21-26-13-6-4-7-14-26)37(23-27-15-10-11-20-31(27)35)33(39)24-38(28-16-12-17-29(22-28)43-3)44(41,42)30-18-8-5-9-19-30/h4-20,22,25,32H,21,23-24H2,1-3H3,(H,36,40)/t32-/m1/s1. The van der Waals surface area contributed by atoms with Crippen molar-refractivity contribution in [3.8, 4) is 5.75 Å². The van der Waals surface area contributed by atoms with Crippen LogP contribution in [0.4, 0.5) is 5.69 Å². The number of anilines is 1. The van der Waals surface area contributed by atoms with Crippen LogP contribution in [0, 0.1) is 0 Å². The summed E-state index contributed by atoms with van der Waals surface area (Å²) in [6.07, 6.45) is 0.209. The Labute approximate surface area is 264 Å². The molecule has 0 radical (unpaired) electrons. The molecular formula is C34H36ClN3O5S. The Morgan fingerprint density at radius 3 is 2.14 bits per heavy atom. The molecule has 4 aromatic rings. The number of carbonyl (C=O) groups is 2. The average molecular weight is 634 g/mol. The van der Waals surface area contributed by atoms with Gasteiger partial charge in [-0.25, -0.2) is 8.42 Å². The number of ether oxygens (including phenoxy) is 1. The maximum absolute atomic E-state index is 14.5. The van der Waals surface area contributed by atoms with Crippen LogP contribution in [0.2, 0.25) is 5.02 Å². The van der Waals surface area contributed by atoms with Gasteiger partial charge in [-0.2, -0.15) is 0 Å². The van der Waals surface area contributed by atoms with Crippen LogP contribution in [-0.4, -0.2) is 50.9 Å². The number of amides is 2. The van der Waals surface area contributed by atoms with Gasteiger partial charge in [0.15, 0.2) is 0 Å². The van der Waals surface area contributed by atoms with Gasteiger partial charge in [0.05, 0.1) is 17.7 Å². The molecule has 0 saturated heterocycles. The summed E-state index contributed by atoms with van der Waals surface area (Å²) in [7, 11) is -2.73. The number of nitrogens with one attached hydrogen (secondary N) is 1. The molecule has 2 amide bonds. The van der Waals surface area contributed by atoms with E-state index in [0.29, 0.717) is 16.3 Å². The van der Waals surface area contributed by atoms with E-state index in [2.05, 4.69) is 5.32 Å². The number of nitrogens with zero attached hydrogens (tertiary/aromatic N) is 2. The molecule has 4 aromatic carbocycles. The van der Waals surface area contributed by atoms with Gasteiger partial charge < -0.3 is 15.0 Å². The van der Waals surface area contributed by atoms with Gasteiger partial charge in [0, 0.05) is 30.1 Å². The number of benzene rings is 4. The van der Waals surface area contributed by atoms with Crippen LogP contribution in [0.5, 0.6) is 5.75 Å². The maximum atomic E-state index is 14.5. The topological polar surface area (TPSA) is 96.0 Å². The van der Waals surface area contributed by atoms with Crippen molar-refractivity contribution in [3.05, 3.63) is 125 Å². The lowest BCUT2D eigenvalue weighted by atomic mass is 10.0. The van der Waals surface area contributed by atoms with E-state index in [9.17, 15) is 18.0 Å². The molecule has 0 aliphatic carbocycles. The maximum Gasteiger partial charge on any atom is 0.264 e. The van der Waals surface area contributed by atoms with Gasteiger partial charge in [-0.15, -0.1) is 0 Å². The second-order valence-corrected chi connectivity index (χ2v) is 12.8. The highest BCUT2D eigenvalue weighted by atomic mass is 35.5. The number of methoxy groups -OCH3 is 1. The van der Waals surface area contributed by atoms with Crippen LogP contribution in [-0.2, 0) is 32.6 Å². The number of sulfonamides is 1. The van der Waals surface area contributed by atoms with E-state index in [1.807, 2.05) is 44.2 Å². The molecule has 1 atom stereocenters. The zero-order valence-electron chi connectivity index (χ0n) is 24.9. The lowest BCUT2D eigenvalue weighted by molar-refractivity contribution is -0.140. The van der Waals surface area contributed by atoms with Crippen molar-refractivity contribution in [2.45, 2.75) is 43.8 Å². The van der Waals surface area contributed by atoms with E-state index in [4.69, 9.17) is 16.3 Å². The molecule has 0 unspecified atom stereocenters. The number of hydrogen-bond donors (Lipinski definition) is 1. The molecule has 0 saturated carbocycles.